The smallest absolute Gasteiger partial charge is 0.260 e. The van der Waals surface area contributed by atoms with Gasteiger partial charge in [0.15, 0.2) is 5.67 Å². The number of halogens is 2. The van der Waals surface area contributed by atoms with E-state index in [9.17, 15) is 9.18 Å². The van der Waals surface area contributed by atoms with Gasteiger partial charge in [0, 0.05) is 51.1 Å². The van der Waals surface area contributed by atoms with Crippen LogP contribution in [0.25, 0.3) is 11.0 Å². The number of hydrogen-bond donors (Lipinski definition) is 1. The first-order chi connectivity index (χ1) is 19.8. The molecule has 3 aliphatic heterocycles. The molecule has 0 saturated carbocycles. The first-order valence-corrected chi connectivity index (χ1v) is 14.5. The van der Waals surface area contributed by atoms with Crippen molar-refractivity contribution in [1.82, 2.24) is 29.6 Å². The summed E-state index contributed by atoms with van der Waals surface area (Å²) in [5.41, 5.74) is -0.354. The lowest BCUT2D eigenvalue weighted by molar-refractivity contribution is -0.149. The average Bonchev–Trinajstić information content (AvgIpc) is 3.57. The number of aromatic nitrogens is 2. The van der Waals surface area contributed by atoms with Crippen molar-refractivity contribution in [3.8, 4) is 0 Å². The summed E-state index contributed by atoms with van der Waals surface area (Å²) in [7, 11) is 3.99. The minimum Gasteiger partial charge on any atom is -0.463 e. The maximum atomic E-state index is 16.0. The normalized spacial score (nSPS) is 21.6. The molecule has 1 N–H and O–H groups in total. The summed E-state index contributed by atoms with van der Waals surface area (Å²) < 4.78 is 38.1. The molecular formula is C31H38F2N6O2. The van der Waals surface area contributed by atoms with Gasteiger partial charge >= 0.3 is 0 Å². The van der Waals surface area contributed by atoms with Crippen LogP contribution in [0, 0.1) is 5.82 Å². The molecule has 218 valence electrons. The van der Waals surface area contributed by atoms with Crippen molar-refractivity contribution in [2.75, 3.05) is 40.3 Å². The Morgan fingerprint density at radius 2 is 1.85 bits per heavy atom. The second kappa shape index (κ2) is 11.4. The van der Waals surface area contributed by atoms with E-state index >= 15 is 4.39 Å². The highest BCUT2D eigenvalue weighted by molar-refractivity contribution is 5.85. The van der Waals surface area contributed by atoms with Crippen LogP contribution in [-0.4, -0.2) is 76.1 Å². The van der Waals surface area contributed by atoms with Gasteiger partial charge in [-0.3, -0.25) is 9.69 Å². The Balaban J connectivity index is 1.08. The van der Waals surface area contributed by atoms with E-state index < -0.39 is 5.67 Å². The van der Waals surface area contributed by atoms with Crippen LogP contribution in [-0.2, 0) is 17.9 Å². The van der Waals surface area contributed by atoms with Crippen molar-refractivity contribution in [1.29, 1.82) is 0 Å². The Labute approximate surface area is 239 Å². The highest BCUT2D eigenvalue weighted by Gasteiger charge is 2.45. The van der Waals surface area contributed by atoms with Crippen LogP contribution in [0.3, 0.4) is 0 Å². The number of rotatable bonds is 7. The van der Waals surface area contributed by atoms with Gasteiger partial charge in [-0.2, -0.15) is 0 Å². The third-order valence-electron chi connectivity index (χ3n) is 8.46. The molecule has 1 aromatic carbocycles. The van der Waals surface area contributed by atoms with Gasteiger partial charge in [-0.15, -0.1) is 0 Å². The molecule has 2 fully saturated rings. The highest BCUT2D eigenvalue weighted by atomic mass is 19.1. The molecule has 3 aromatic rings. The number of furan rings is 1. The van der Waals surface area contributed by atoms with Gasteiger partial charge in [-0.05, 0) is 63.5 Å². The molecule has 8 nitrogen and oxygen atoms in total. The largest absolute Gasteiger partial charge is 0.463 e. The Hall–Kier alpha value is -3.50. The number of carbonyl (C=O) groups is 1. The zero-order chi connectivity index (χ0) is 28.6. The number of nitrogens with one attached hydrogen (secondary N) is 1. The quantitative estimate of drug-likeness (QED) is 0.448. The zero-order valence-electron chi connectivity index (χ0n) is 23.7. The molecule has 5 heterocycles. The molecule has 1 atom stereocenters. The topological polar surface area (TPSA) is 69.8 Å². The summed E-state index contributed by atoms with van der Waals surface area (Å²) in [5.74, 6) is 1.88. The van der Waals surface area contributed by atoms with Gasteiger partial charge in [-0.1, -0.05) is 12.2 Å². The van der Waals surface area contributed by atoms with Gasteiger partial charge in [0.2, 0.25) is 0 Å². The van der Waals surface area contributed by atoms with E-state index in [1.54, 1.807) is 11.0 Å². The van der Waals surface area contributed by atoms with Crippen LogP contribution in [0.2, 0.25) is 0 Å². The maximum absolute atomic E-state index is 16.0. The van der Waals surface area contributed by atoms with E-state index in [1.807, 2.05) is 50.7 Å². The molecule has 0 bridgehead atoms. The second-order valence-electron chi connectivity index (χ2n) is 11.7. The number of nitrogens with zero attached hydrogens (tertiary/aromatic N) is 5. The van der Waals surface area contributed by atoms with Gasteiger partial charge in [0.1, 0.15) is 29.2 Å². The molecular weight excluding hydrogens is 526 g/mol. The van der Waals surface area contributed by atoms with E-state index in [2.05, 4.69) is 19.7 Å². The highest BCUT2D eigenvalue weighted by Crippen LogP contribution is 2.35. The number of alkyl halides is 1. The fourth-order valence-corrected chi connectivity index (χ4v) is 6.31. The molecule has 0 aliphatic carbocycles. The molecule has 1 unspecified atom stereocenters. The number of allylic oxidation sites excluding steroid dienone is 2. The molecule has 2 aromatic heterocycles. The summed E-state index contributed by atoms with van der Waals surface area (Å²) >= 11 is 0. The Bertz CT molecular complexity index is 1440. The molecule has 0 radical (unpaired) electrons. The molecule has 0 spiro atoms. The van der Waals surface area contributed by atoms with Crippen LogP contribution in [0.1, 0.15) is 55.1 Å². The lowest BCUT2D eigenvalue weighted by Gasteiger charge is -2.40. The third-order valence-corrected chi connectivity index (χ3v) is 8.46. The molecule has 3 aliphatic rings. The van der Waals surface area contributed by atoms with Crippen molar-refractivity contribution in [2.45, 2.75) is 56.5 Å². The van der Waals surface area contributed by atoms with Crippen molar-refractivity contribution in [3.63, 3.8) is 0 Å². The Kier molecular flexibility index (Phi) is 7.70. The number of amides is 1. The Morgan fingerprint density at radius 1 is 1.10 bits per heavy atom. The number of piperidine rings is 2. The monoisotopic (exact) mass is 564 g/mol. The number of likely N-dealkylation sites (tertiary alicyclic amines) is 2. The summed E-state index contributed by atoms with van der Waals surface area (Å²) in [5, 5.41) is 3.32. The predicted molar refractivity (Wildman–Crippen MR) is 153 cm³/mol. The van der Waals surface area contributed by atoms with Crippen LogP contribution < -0.4 is 5.32 Å². The number of dihydropyridines is 1. The van der Waals surface area contributed by atoms with Crippen LogP contribution in [0.4, 0.5) is 8.78 Å². The van der Waals surface area contributed by atoms with Crippen LogP contribution in [0.5, 0.6) is 0 Å². The fourth-order valence-electron chi connectivity index (χ4n) is 6.31. The van der Waals surface area contributed by atoms with Crippen LogP contribution >= 0.6 is 0 Å². The van der Waals surface area contributed by atoms with E-state index in [0.29, 0.717) is 51.1 Å². The number of benzene rings is 1. The van der Waals surface area contributed by atoms with Crippen molar-refractivity contribution >= 4 is 16.9 Å². The van der Waals surface area contributed by atoms with Crippen molar-refractivity contribution in [3.05, 3.63) is 77.9 Å². The molecule has 6 rings (SSSR count). The first-order valence-electron chi connectivity index (χ1n) is 14.5. The van der Waals surface area contributed by atoms with E-state index in [0.717, 1.165) is 29.4 Å². The lowest BCUT2D eigenvalue weighted by Crippen LogP contribution is -2.54. The van der Waals surface area contributed by atoms with Gasteiger partial charge < -0.3 is 24.1 Å². The minimum atomic E-state index is -1.84. The summed E-state index contributed by atoms with van der Waals surface area (Å²) in [6.45, 7) is 3.35. The molecule has 10 heteroatoms. The summed E-state index contributed by atoms with van der Waals surface area (Å²) in [6.07, 6.45) is 9.53. The van der Waals surface area contributed by atoms with Gasteiger partial charge in [-0.25, -0.2) is 13.8 Å². The molecule has 41 heavy (non-hydrogen) atoms. The maximum Gasteiger partial charge on any atom is 0.260 e. The van der Waals surface area contributed by atoms with E-state index in [4.69, 9.17) is 9.40 Å². The summed E-state index contributed by atoms with van der Waals surface area (Å²) in [6, 6.07) is 8.61. The van der Waals surface area contributed by atoms with Gasteiger partial charge in [0.25, 0.3) is 5.91 Å². The number of imidazole rings is 1. The van der Waals surface area contributed by atoms with Crippen LogP contribution in [0.15, 0.2) is 59.2 Å². The first kappa shape index (κ1) is 27.7. The predicted octanol–water partition coefficient (Wildman–Crippen LogP) is 4.71. The van der Waals surface area contributed by atoms with Crippen molar-refractivity contribution in [2.24, 2.45) is 0 Å². The lowest BCUT2D eigenvalue weighted by atomic mass is 9.90. The SMILES string of the molecule is CN(C)Cc1ccc(CN2CCC(F)(C(=O)N3CCC(n4c(C5C=CC=CN5)nc5cc(F)ccc54)CC3)CC2)o1. The number of carbonyl (C=O) groups excluding carboxylic acids is 1. The Morgan fingerprint density at radius 3 is 2.56 bits per heavy atom. The zero-order valence-corrected chi connectivity index (χ0v) is 23.7. The number of fused-ring (bicyclic) bond motifs is 1. The van der Waals surface area contributed by atoms with E-state index in [-0.39, 0.29) is 36.6 Å². The molecule has 1 amide bonds. The minimum absolute atomic E-state index is 0.0775. The third kappa shape index (κ3) is 5.81. The van der Waals surface area contributed by atoms with Gasteiger partial charge in [0.05, 0.1) is 24.1 Å². The van der Waals surface area contributed by atoms with Crippen molar-refractivity contribution < 1.29 is 18.0 Å². The fraction of sp³-hybridized carbons (Fsp3) is 0.484. The van der Waals surface area contributed by atoms with E-state index in [1.165, 1.54) is 12.1 Å². The summed E-state index contributed by atoms with van der Waals surface area (Å²) in [4.78, 5) is 24.1. The average molecular weight is 565 g/mol. The standard InChI is InChI=1S/C31H38F2N6O2/c1-36(2)20-24-7-8-25(41-24)21-37-17-12-31(33,13-18-37)30(40)38-15-10-23(11-16-38)39-28-9-6-22(32)19-27(28)35-29(39)26-5-3-4-14-34-26/h3-9,14,19,23,26,34H,10-13,15-18,20-21H2,1-2H3. The second-order valence-corrected chi connectivity index (χ2v) is 11.7. The molecule has 2 saturated heterocycles. The number of hydrogen-bond acceptors (Lipinski definition) is 6.